The van der Waals surface area contributed by atoms with Crippen LogP contribution >= 0.6 is 0 Å². The third-order valence-corrected chi connectivity index (χ3v) is 8.05. The van der Waals surface area contributed by atoms with Gasteiger partial charge >= 0.3 is 0 Å². The fourth-order valence-corrected chi connectivity index (χ4v) is 5.40. The molecule has 2 amide bonds. The van der Waals surface area contributed by atoms with E-state index in [9.17, 15) is 14.7 Å². The number of para-hydroxylation sites is 1. The Kier molecular flexibility index (Phi) is 13.6. The van der Waals surface area contributed by atoms with Gasteiger partial charge in [-0.05, 0) is 80.8 Å². The predicted molar refractivity (Wildman–Crippen MR) is 183 cm³/mol. The molecule has 4 atom stereocenters. The van der Waals surface area contributed by atoms with Crippen LogP contribution in [0.3, 0.4) is 0 Å². The van der Waals surface area contributed by atoms with E-state index < -0.39 is 12.1 Å². The van der Waals surface area contributed by atoms with E-state index in [2.05, 4.69) is 37.5 Å². The van der Waals surface area contributed by atoms with Crippen LogP contribution in [0.1, 0.15) is 68.8 Å². The van der Waals surface area contributed by atoms with Crippen LogP contribution in [-0.2, 0) is 16.0 Å². The molecule has 46 heavy (non-hydrogen) atoms. The Morgan fingerprint density at radius 1 is 0.913 bits per heavy atom. The van der Waals surface area contributed by atoms with Crippen molar-refractivity contribution in [3.8, 4) is 11.5 Å². The molecule has 0 bridgehead atoms. The van der Waals surface area contributed by atoms with Gasteiger partial charge in [-0.3, -0.25) is 9.59 Å². The Morgan fingerprint density at radius 3 is 2.33 bits per heavy atom. The van der Waals surface area contributed by atoms with Gasteiger partial charge in [0.2, 0.25) is 5.91 Å². The Morgan fingerprint density at radius 2 is 1.63 bits per heavy atom. The molecule has 1 aliphatic carbocycles. The zero-order valence-corrected chi connectivity index (χ0v) is 27.2. The van der Waals surface area contributed by atoms with Gasteiger partial charge in [0.05, 0.1) is 24.9 Å². The van der Waals surface area contributed by atoms with E-state index in [0.717, 1.165) is 18.4 Å². The van der Waals surface area contributed by atoms with Crippen molar-refractivity contribution in [2.75, 3.05) is 6.61 Å². The first-order valence-electron chi connectivity index (χ1n) is 16.4. The molecule has 0 aromatic heterocycles. The van der Waals surface area contributed by atoms with Crippen LogP contribution in [0.5, 0.6) is 11.5 Å². The first kappa shape index (κ1) is 34.7. The summed E-state index contributed by atoms with van der Waals surface area (Å²) in [4.78, 5) is 26.5. The fourth-order valence-electron chi connectivity index (χ4n) is 5.40. The first-order chi connectivity index (χ1) is 22.2. The lowest BCUT2D eigenvalue weighted by Crippen LogP contribution is -2.48. The standard InChI is InChI=1S/C39H48N2O5/c1-28(2)17-20-32(40-39(44)31-13-10-16-35(26-31)46-34-14-8-5-9-15-34)27-37(42)36(25-30-11-6-4-7-12-30)41-38(43)23-24-45-33-21-18-29(3)19-22-33/h4-16,18-19,21,26,28,32-33,36-37,42H,17,20,22-25,27H2,1-3H3,(H,40,44)(H,41,43)/t32?,33?,36?,37-/m0/s1. The van der Waals surface area contributed by atoms with Crippen molar-refractivity contribution in [3.05, 3.63) is 120 Å². The highest BCUT2D eigenvalue weighted by Gasteiger charge is 2.26. The molecule has 7 nitrogen and oxygen atoms in total. The lowest BCUT2D eigenvalue weighted by molar-refractivity contribution is -0.124. The van der Waals surface area contributed by atoms with Gasteiger partial charge in [-0.25, -0.2) is 0 Å². The van der Waals surface area contributed by atoms with E-state index in [4.69, 9.17) is 9.47 Å². The maximum absolute atomic E-state index is 13.5. The number of amides is 2. The van der Waals surface area contributed by atoms with Crippen molar-refractivity contribution in [2.45, 2.75) is 83.6 Å². The highest BCUT2D eigenvalue weighted by Crippen LogP contribution is 2.23. The number of carbonyl (C=O) groups is 2. The molecular formula is C39H48N2O5. The van der Waals surface area contributed by atoms with Gasteiger partial charge < -0.3 is 25.2 Å². The van der Waals surface area contributed by atoms with Crippen LogP contribution in [0, 0.1) is 5.92 Å². The number of hydrogen-bond donors (Lipinski definition) is 3. The Hall–Kier alpha value is -4.20. The van der Waals surface area contributed by atoms with Crippen molar-refractivity contribution >= 4 is 11.8 Å². The number of allylic oxidation sites excluding steroid dienone is 2. The number of aliphatic hydroxyl groups excluding tert-OH is 1. The number of hydrogen-bond acceptors (Lipinski definition) is 5. The number of ether oxygens (including phenoxy) is 2. The van der Waals surface area contributed by atoms with Crippen LogP contribution in [-0.4, -0.2) is 47.8 Å². The molecule has 7 heteroatoms. The van der Waals surface area contributed by atoms with Crippen molar-refractivity contribution < 1.29 is 24.2 Å². The Labute approximate surface area is 273 Å². The van der Waals surface area contributed by atoms with Crippen LogP contribution in [0.2, 0.25) is 0 Å². The van der Waals surface area contributed by atoms with E-state index in [1.165, 1.54) is 5.57 Å². The van der Waals surface area contributed by atoms with Gasteiger partial charge in [-0.15, -0.1) is 0 Å². The molecular weight excluding hydrogens is 576 g/mol. The molecule has 0 radical (unpaired) electrons. The summed E-state index contributed by atoms with van der Waals surface area (Å²) >= 11 is 0. The lowest BCUT2D eigenvalue weighted by Gasteiger charge is -2.29. The summed E-state index contributed by atoms with van der Waals surface area (Å²) in [7, 11) is 0. The zero-order valence-electron chi connectivity index (χ0n) is 27.2. The normalized spacial score (nSPS) is 16.3. The average Bonchev–Trinajstić information content (AvgIpc) is 3.05. The predicted octanol–water partition coefficient (Wildman–Crippen LogP) is 7.17. The van der Waals surface area contributed by atoms with Gasteiger partial charge in [-0.1, -0.05) is 92.2 Å². The summed E-state index contributed by atoms with van der Waals surface area (Å²) in [5.74, 6) is 1.27. The summed E-state index contributed by atoms with van der Waals surface area (Å²) in [6, 6.07) is 25.5. The molecule has 0 fully saturated rings. The summed E-state index contributed by atoms with van der Waals surface area (Å²) in [6.45, 7) is 6.63. The molecule has 4 rings (SSSR count). The molecule has 0 spiro atoms. The molecule has 3 aromatic carbocycles. The van der Waals surface area contributed by atoms with E-state index in [0.29, 0.717) is 48.8 Å². The van der Waals surface area contributed by atoms with Gasteiger partial charge in [0.1, 0.15) is 11.5 Å². The minimum Gasteiger partial charge on any atom is -0.457 e. The Balaban J connectivity index is 1.40. The van der Waals surface area contributed by atoms with Gasteiger partial charge in [0.15, 0.2) is 0 Å². The third-order valence-electron chi connectivity index (χ3n) is 8.05. The molecule has 0 heterocycles. The quantitative estimate of drug-likeness (QED) is 0.148. The lowest BCUT2D eigenvalue weighted by atomic mass is 9.93. The van der Waals surface area contributed by atoms with E-state index in [1.54, 1.807) is 18.2 Å². The average molecular weight is 625 g/mol. The molecule has 244 valence electrons. The number of rotatable bonds is 17. The number of aliphatic hydroxyl groups is 1. The second kappa shape index (κ2) is 18.1. The van der Waals surface area contributed by atoms with Gasteiger partial charge in [-0.2, -0.15) is 0 Å². The maximum atomic E-state index is 13.5. The first-order valence-corrected chi connectivity index (χ1v) is 16.4. The second-order valence-corrected chi connectivity index (χ2v) is 12.5. The largest absolute Gasteiger partial charge is 0.457 e. The third kappa shape index (κ3) is 12.0. The Bertz CT molecular complexity index is 1440. The number of nitrogens with one attached hydrogen (secondary N) is 2. The summed E-state index contributed by atoms with van der Waals surface area (Å²) < 4.78 is 11.8. The minimum atomic E-state index is -0.885. The second-order valence-electron chi connectivity index (χ2n) is 12.5. The monoisotopic (exact) mass is 624 g/mol. The van der Waals surface area contributed by atoms with Crippen molar-refractivity contribution in [2.24, 2.45) is 5.92 Å². The molecule has 0 aliphatic heterocycles. The molecule has 0 saturated heterocycles. The van der Waals surface area contributed by atoms with Crippen LogP contribution in [0.4, 0.5) is 0 Å². The highest BCUT2D eigenvalue weighted by atomic mass is 16.5. The van der Waals surface area contributed by atoms with Gasteiger partial charge in [0, 0.05) is 18.0 Å². The van der Waals surface area contributed by atoms with Crippen LogP contribution < -0.4 is 15.4 Å². The summed E-state index contributed by atoms with van der Waals surface area (Å²) in [6.07, 6.45) is 8.60. The number of benzene rings is 3. The van der Waals surface area contributed by atoms with Crippen molar-refractivity contribution in [1.29, 1.82) is 0 Å². The summed E-state index contributed by atoms with van der Waals surface area (Å²) in [5, 5.41) is 17.8. The molecule has 3 N–H and O–H groups in total. The molecule has 3 unspecified atom stereocenters. The smallest absolute Gasteiger partial charge is 0.251 e. The number of carbonyl (C=O) groups excluding carboxylic acids is 2. The van der Waals surface area contributed by atoms with Crippen LogP contribution in [0.15, 0.2) is 109 Å². The minimum absolute atomic E-state index is 0.0295. The zero-order chi connectivity index (χ0) is 32.7. The van der Waals surface area contributed by atoms with E-state index >= 15 is 0 Å². The van der Waals surface area contributed by atoms with Crippen molar-refractivity contribution in [3.63, 3.8) is 0 Å². The maximum Gasteiger partial charge on any atom is 0.251 e. The fraction of sp³-hybridized carbons (Fsp3) is 0.385. The molecule has 1 aliphatic rings. The summed E-state index contributed by atoms with van der Waals surface area (Å²) in [5.41, 5.74) is 2.70. The molecule has 3 aromatic rings. The van der Waals surface area contributed by atoms with Gasteiger partial charge in [0.25, 0.3) is 5.91 Å². The highest BCUT2D eigenvalue weighted by molar-refractivity contribution is 5.94. The van der Waals surface area contributed by atoms with Crippen molar-refractivity contribution in [1.82, 2.24) is 10.6 Å². The van der Waals surface area contributed by atoms with E-state index in [1.807, 2.05) is 78.9 Å². The topological polar surface area (TPSA) is 96.9 Å². The van der Waals surface area contributed by atoms with E-state index in [-0.39, 0.29) is 30.4 Å². The van der Waals surface area contributed by atoms with Crippen LogP contribution in [0.25, 0.3) is 0 Å². The SMILES string of the molecule is CC1=CCC(OCCC(=O)NC(Cc2ccccc2)[C@@H](O)CC(CCC(C)C)NC(=O)c2cccc(Oc3ccccc3)c2)C=C1. The molecule has 0 saturated carbocycles.